The standard InChI is InChI=1S/C49H51N5O10S/c1-48(2,3)63-46(59)51-39-43(57)54-40(45(58)62-41(32-16-9-7-10-17-32)33-18-11-8-12-19-33)35(30-65-44(39)54)25-34-22-24-53(42(34)56)28-31-15-14-23-52(27-31)29-38(55)50-36-20-13-21-37(26-36)61-47(60)64-49(4,5)6/h7-21,23,25-27,39,41,44H,22,24,28-30H2,1-6H3,(H-,50,51,55,59)/p+1/t39-,44-/m1/s1. The van der Waals surface area contributed by atoms with Crippen LogP contribution < -0.4 is 19.9 Å². The van der Waals surface area contributed by atoms with Gasteiger partial charge in [-0.1, -0.05) is 66.7 Å². The Hall–Kier alpha value is -6.94. The number of carbonyl (C=O) groups excluding carboxylic acids is 6. The van der Waals surface area contributed by atoms with Gasteiger partial charge in [0.25, 0.3) is 11.8 Å². The highest BCUT2D eigenvalue weighted by molar-refractivity contribution is 8.00. The quantitative estimate of drug-likeness (QED) is 0.0375. The molecule has 3 aliphatic rings. The number of fused-ring (bicyclic) bond motifs is 1. The lowest BCUT2D eigenvalue weighted by atomic mass is 10.00. The molecule has 0 saturated carbocycles. The molecule has 2 N–H and O–H groups in total. The minimum Gasteiger partial charge on any atom is -0.448 e. The number of pyridine rings is 1. The molecule has 2 fully saturated rings. The van der Waals surface area contributed by atoms with Crippen molar-refractivity contribution in [2.75, 3.05) is 17.6 Å². The van der Waals surface area contributed by atoms with Crippen molar-refractivity contribution < 1.29 is 52.3 Å². The van der Waals surface area contributed by atoms with E-state index in [-0.39, 0.29) is 42.1 Å². The molecule has 0 radical (unpaired) electrons. The van der Waals surface area contributed by atoms with Crippen molar-refractivity contribution in [3.63, 3.8) is 0 Å². The Morgan fingerprint density at radius 1 is 0.862 bits per heavy atom. The molecule has 2 saturated heterocycles. The number of benzene rings is 3. The van der Waals surface area contributed by atoms with Gasteiger partial charge in [-0.25, -0.2) is 14.4 Å². The van der Waals surface area contributed by atoms with E-state index in [4.69, 9.17) is 18.9 Å². The fraction of sp³-hybridized carbons (Fsp3) is 0.327. The number of rotatable bonds is 12. The number of likely N-dealkylation sites (tertiary alicyclic amines) is 1. The zero-order valence-electron chi connectivity index (χ0n) is 37.1. The van der Waals surface area contributed by atoms with E-state index in [9.17, 15) is 28.8 Å². The average Bonchev–Trinajstić information content (AvgIpc) is 3.58. The van der Waals surface area contributed by atoms with Crippen LogP contribution in [0.5, 0.6) is 5.75 Å². The predicted molar refractivity (Wildman–Crippen MR) is 241 cm³/mol. The highest BCUT2D eigenvalue weighted by atomic mass is 32.2. The van der Waals surface area contributed by atoms with E-state index in [2.05, 4.69) is 10.6 Å². The molecule has 3 aliphatic heterocycles. The van der Waals surface area contributed by atoms with Gasteiger partial charge in [0.2, 0.25) is 12.5 Å². The molecule has 338 valence electrons. The van der Waals surface area contributed by atoms with Gasteiger partial charge in [0.15, 0.2) is 18.5 Å². The summed E-state index contributed by atoms with van der Waals surface area (Å²) in [5.74, 6) is -1.34. The van der Waals surface area contributed by atoms with E-state index in [1.807, 2.05) is 66.7 Å². The Morgan fingerprint density at radius 3 is 2.20 bits per heavy atom. The van der Waals surface area contributed by atoms with Crippen LogP contribution in [0.1, 0.15) is 70.8 Å². The molecule has 0 bridgehead atoms. The van der Waals surface area contributed by atoms with E-state index in [0.29, 0.717) is 29.8 Å². The summed E-state index contributed by atoms with van der Waals surface area (Å²) >= 11 is 1.36. The summed E-state index contributed by atoms with van der Waals surface area (Å²) < 4.78 is 23.9. The van der Waals surface area contributed by atoms with E-state index in [1.54, 1.807) is 93.7 Å². The lowest BCUT2D eigenvalue weighted by molar-refractivity contribution is -0.684. The smallest absolute Gasteiger partial charge is 0.448 e. The summed E-state index contributed by atoms with van der Waals surface area (Å²) in [6.45, 7) is 11.0. The molecular weight excluding hydrogens is 851 g/mol. The number of esters is 1. The van der Waals surface area contributed by atoms with Crippen LogP contribution in [-0.2, 0) is 46.5 Å². The van der Waals surface area contributed by atoms with E-state index in [0.717, 1.165) is 16.7 Å². The number of nitrogens with one attached hydrogen (secondary N) is 2. The van der Waals surface area contributed by atoms with Crippen molar-refractivity contribution in [1.82, 2.24) is 15.1 Å². The summed E-state index contributed by atoms with van der Waals surface area (Å²) in [5.41, 5.74) is 2.09. The molecule has 15 nitrogen and oxygen atoms in total. The van der Waals surface area contributed by atoms with Gasteiger partial charge in [0.05, 0.1) is 6.54 Å². The van der Waals surface area contributed by atoms with Gasteiger partial charge in [-0.05, 0) is 88.9 Å². The van der Waals surface area contributed by atoms with Crippen LogP contribution in [-0.4, -0.2) is 80.7 Å². The molecule has 0 spiro atoms. The fourth-order valence-electron chi connectivity index (χ4n) is 7.45. The number of ether oxygens (including phenoxy) is 4. The normalized spacial score (nSPS) is 17.9. The number of allylic oxidation sites excluding steroid dienone is 1. The minimum absolute atomic E-state index is 0.0151. The Bertz CT molecular complexity index is 2490. The van der Waals surface area contributed by atoms with Crippen molar-refractivity contribution in [1.29, 1.82) is 0 Å². The van der Waals surface area contributed by atoms with Crippen molar-refractivity contribution >= 4 is 53.4 Å². The van der Waals surface area contributed by atoms with E-state index >= 15 is 0 Å². The molecule has 4 amide bonds. The van der Waals surface area contributed by atoms with Crippen LogP contribution in [0.15, 0.2) is 132 Å². The third-order valence-electron chi connectivity index (χ3n) is 10.2. The van der Waals surface area contributed by atoms with Gasteiger partial charge < -0.3 is 34.5 Å². The predicted octanol–water partition coefficient (Wildman–Crippen LogP) is 6.98. The number of carbonyl (C=O) groups is 6. The molecule has 2 atom stereocenters. The maximum atomic E-state index is 14.5. The first-order valence-electron chi connectivity index (χ1n) is 21.2. The number of β-lactam (4-membered cyclic amide) rings is 1. The third-order valence-corrected chi connectivity index (χ3v) is 11.5. The molecule has 4 aromatic rings. The Balaban J connectivity index is 1.07. The van der Waals surface area contributed by atoms with Crippen LogP contribution in [0.25, 0.3) is 0 Å². The van der Waals surface area contributed by atoms with Crippen LogP contribution in [0, 0.1) is 0 Å². The fourth-order valence-corrected chi connectivity index (χ4v) is 8.75. The number of hydrogen-bond donors (Lipinski definition) is 2. The highest BCUT2D eigenvalue weighted by Gasteiger charge is 2.55. The van der Waals surface area contributed by atoms with Crippen molar-refractivity contribution in [3.05, 3.63) is 149 Å². The van der Waals surface area contributed by atoms with Gasteiger partial charge in [-0.3, -0.25) is 19.3 Å². The summed E-state index contributed by atoms with van der Waals surface area (Å²) in [6, 6.07) is 27.7. The number of amides is 4. The molecule has 3 aromatic carbocycles. The highest BCUT2D eigenvalue weighted by Crippen LogP contribution is 2.43. The second-order valence-electron chi connectivity index (χ2n) is 17.7. The molecule has 0 aliphatic carbocycles. The van der Waals surface area contributed by atoms with Crippen molar-refractivity contribution in [2.24, 2.45) is 0 Å². The molecule has 4 heterocycles. The maximum absolute atomic E-state index is 14.5. The van der Waals surface area contributed by atoms with Gasteiger partial charge in [0, 0.05) is 41.3 Å². The first-order valence-corrected chi connectivity index (χ1v) is 22.2. The van der Waals surface area contributed by atoms with Gasteiger partial charge in [0.1, 0.15) is 34.1 Å². The number of thioether (sulfide) groups is 1. The zero-order valence-corrected chi connectivity index (χ0v) is 37.9. The van der Waals surface area contributed by atoms with Gasteiger partial charge in [-0.2, -0.15) is 4.57 Å². The summed E-state index contributed by atoms with van der Waals surface area (Å²) in [4.78, 5) is 83.4. The molecule has 16 heteroatoms. The molecule has 7 rings (SSSR count). The maximum Gasteiger partial charge on any atom is 0.514 e. The molecule has 65 heavy (non-hydrogen) atoms. The third kappa shape index (κ3) is 11.8. The van der Waals surface area contributed by atoms with Crippen LogP contribution in [0.4, 0.5) is 15.3 Å². The number of hydrogen-bond acceptors (Lipinski definition) is 11. The minimum atomic E-state index is -0.939. The van der Waals surface area contributed by atoms with E-state index in [1.165, 1.54) is 22.7 Å². The lowest BCUT2D eigenvalue weighted by Gasteiger charge is -2.49. The second-order valence-corrected chi connectivity index (χ2v) is 18.8. The largest absolute Gasteiger partial charge is 0.514 e. The van der Waals surface area contributed by atoms with Crippen LogP contribution in [0.2, 0.25) is 0 Å². The topological polar surface area (TPSA) is 174 Å². The zero-order chi connectivity index (χ0) is 46.5. The number of anilines is 1. The van der Waals surface area contributed by atoms with Crippen molar-refractivity contribution in [2.45, 2.75) is 89.8 Å². The molecular formula is C49H52N5O10S+. The molecule has 1 aromatic heterocycles. The second kappa shape index (κ2) is 19.4. The SMILES string of the molecule is CC(C)(C)OC(=O)N[C@@H]1C(=O)N2C(C(=O)OC(c3ccccc3)c3ccccc3)=C(C=C3CCN(Cc4ccc[n+](CC(=O)Nc5cccc(OC(=O)OC(C)(C)C)c5)c4)C3=O)CS[C@H]12. The monoisotopic (exact) mass is 902 g/mol. The van der Waals surface area contributed by atoms with Crippen molar-refractivity contribution in [3.8, 4) is 5.75 Å². The summed E-state index contributed by atoms with van der Waals surface area (Å²) in [6.07, 6.45) is 3.21. The van der Waals surface area contributed by atoms with E-state index < -0.39 is 52.8 Å². The summed E-state index contributed by atoms with van der Waals surface area (Å²) in [7, 11) is 0. The Morgan fingerprint density at radius 2 is 1.54 bits per heavy atom. The van der Waals surface area contributed by atoms with Gasteiger partial charge in [-0.15, -0.1) is 11.8 Å². The Kier molecular flexibility index (Phi) is 13.8. The Labute approximate surface area is 381 Å². The summed E-state index contributed by atoms with van der Waals surface area (Å²) in [5, 5.41) is 4.87. The first kappa shape index (κ1) is 46.1. The first-order chi connectivity index (χ1) is 30.9. The average molecular weight is 903 g/mol. The number of nitrogens with zero attached hydrogens (tertiary/aromatic N) is 3. The van der Waals surface area contributed by atoms with Crippen LogP contribution in [0.3, 0.4) is 0 Å². The number of aromatic nitrogens is 1. The van der Waals surface area contributed by atoms with Crippen LogP contribution >= 0.6 is 11.8 Å². The van der Waals surface area contributed by atoms with Gasteiger partial charge >= 0.3 is 18.2 Å². The lowest BCUT2D eigenvalue weighted by Crippen LogP contribution is -2.70. The molecule has 0 unspecified atom stereocenters. The number of alkyl carbamates (subject to hydrolysis) is 1.